The fraction of sp³-hybridized carbons (Fsp3) is 0. The van der Waals surface area contributed by atoms with Crippen LogP contribution in [0.15, 0.2) is 30.3 Å². The Morgan fingerprint density at radius 1 is 0.750 bits per heavy atom. The molecule has 0 unspecified atom stereocenters. The third-order valence-corrected chi connectivity index (χ3v) is 0.756. The van der Waals surface area contributed by atoms with Gasteiger partial charge < -0.3 is 34.8 Å². The van der Waals surface area contributed by atoms with Crippen LogP contribution in [0.1, 0.15) is 0 Å². The summed E-state index contributed by atoms with van der Waals surface area (Å²) in [6.45, 7) is 0. The molecule has 0 aromatic heterocycles. The first kappa shape index (κ1) is 29.8. The molecule has 1 N–H and O–H groups in total. The van der Waals surface area contributed by atoms with Crippen molar-refractivity contribution in [1.29, 1.82) is 0 Å². The van der Waals surface area contributed by atoms with Crippen molar-refractivity contribution in [2.75, 3.05) is 0 Å². The van der Waals surface area contributed by atoms with Crippen LogP contribution in [0.25, 0.3) is 0 Å². The number of hydrogen-bond acceptors (Lipinski definition) is 1. The van der Waals surface area contributed by atoms with E-state index in [0.717, 1.165) is 0 Å². The SMILES string of the molecule is Oc1ccccc1.[CH3-].[CH3-].[CH3-].[CH3-].[Ti+4]. The van der Waals surface area contributed by atoms with Crippen LogP contribution < -0.4 is 0 Å². The van der Waals surface area contributed by atoms with Gasteiger partial charge in [-0.2, -0.15) is 0 Å². The summed E-state index contributed by atoms with van der Waals surface area (Å²) in [7, 11) is 0. The van der Waals surface area contributed by atoms with Gasteiger partial charge in [-0.3, -0.25) is 0 Å². The van der Waals surface area contributed by atoms with Crippen molar-refractivity contribution in [2.24, 2.45) is 0 Å². The fourth-order valence-corrected chi connectivity index (χ4v) is 0.428. The molecule has 0 bridgehead atoms. The van der Waals surface area contributed by atoms with Crippen LogP contribution in [0.3, 0.4) is 0 Å². The molecular formula is C10H18OTi. The van der Waals surface area contributed by atoms with Crippen molar-refractivity contribution >= 4 is 0 Å². The average molecular weight is 202 g/mol. The van der Waals surface area contributed by atoms with Gasteiger partial charge in [-0.15, -0.1) is 0 Å². The first-order valence-electron chi connectivity index (χ1n) is 2.13. The van der Waals surface area contributed by atoms with Crippen LogP contribution in [-0.2, 0) is 21.7 Å². The standard InChI is InChI=1S/C6H6O.4CH3.Ti/c7-6-4-2-1-3-5-6;;;;;/h1-5,7H;4*1H3;/q;4*-1;+4. The molecule has 68 valence electrons. The largest absolute Gasteiger partial charge is 4.00 e. The Morgan fingerprint density at radius 2 is 1.08 bits per heavy atom. The molecule has 0 spiro atoms. The van der Waals surface area contributed by atoms with Gasteiger partial charge in [-0.1, -0.05) is 18.2 Å². The maximum Gasteiger partial charge on any atom is 4.00 e. The van der Waals surface area contributed by atoms with Crippen LogP contribution in [0.4, 0.5) is 0 Å². The summed E-state index contributed by atoms with van der Waals surface area (Å²) in [6.07, 6.45) is 0. The number of rotatable bonds is 0. The minimum Gasteiger partial charge on any atom is -0.508 e. The van der Waals surface area contributed by atoms with Crippen molar-refractivity contribution in [2.45, 2.75) is 0 Å². The summed E-state index contributed by atoms with van der Waals surface area (Å²) in [4.78, 5) is 0. The van der Waals surface area contributed by atoms with E-state index in [1.807, 2.05) is 6.07 Å². The summed E-state index contributed by atoms with van der Waals surface area (Å²) in [5.74, 6) is 0.322. The molecule has 12 heavy (non-hydrogen) atoms. The summed E-state index contributed by atoms with van der Waals surface area (Å²) >= 11 is 0. The van der Waals surface area contributed by atoms with Crippen LogP contribution in [0.5, 0.6) is 5.75 Å². The molecule has 0 aliphatic heterocycles. The van der Waals surface area contributed by atoms with Gasteiger partial charge in [0.2, 0.25) is 0 Å². The van der Waals surface area contributed by atoms with Gasteiger partial charge in [0.05, 0.1) is 0 Å². The second-order valence-corrected chi connectivity index (χ2v) is 1.34. The predicted octanol–water partition coefficient (Wildman–Crippen LogP) is 3.19. The van der Waals surface area contributed by atoms with Gasteiger partial charge in [-0.05, 0) is 12.1 Å². The second-order valence-electron chi connectivity index (χ2n) is 1.34. The first-order chi connectivity index (χ1) is 3.39. The van der Waals surface area contributed by atoms with E-state index in [4.69, 9.17) is 5.11 Å². The van der Waals surface area contributed by atoms with E-state index in [-0.39, 0.29) is 51.4 Å². The topological polar surface area (TPSA) is 20.2 Å². The minimum absolute atomic E-state index is 0. The monoisotopic (exact) mass is 202 g/mol. The summed E-state index contributed by atoms with van der Waals surface area (Å²) < 4.78 is 0. The molecule has 2 heteroatoms. The Labute approximate surface area is 92.7 Å². The Morgan fingerprint density at radius 3 is 1.25 bits per heavy atom. The van der Waals surface area contributed by atoms with E-state index in [9.17, 15) is 0 Å². The molecule has 0 aliphatic rings. The molecule has 0 amide bonds. The van der Waals surface area contributed by atoms with Crippen LogP contribution >= 0.6 is 0 Å². The van der Waals surface area contributed by atoms with Crippen LogP contribution in [-0.4, -0.2) is 5.11 Å². The molecule has 0 heterocycles. The zero-order chi connectivity index (χ0) is 5.11. The molecule has 1 nitrogen and oxygen atoms in total. The van der Waals surface area contributed by atoms with E-state index >= 15 is 0 Å². The number of aromatic hydroxyl groups is 1. The van der Waals surface area contributed by atoms with E-state index in [0.29, 0.717) is 5.75 Å². The molecule has 1 aromatic rings. The van der Waals surface area contributed by atoms with Crippen molar-refractivity contribution < 1.29 is 26.8 Å². The Bertz CT molecular complexity index is 140. The molecule has 0 saturated carbocycles. The van der Waals surface area contributed by atoms with Gasteiger partial charge in [0.1, 0.15) is 5.75 Å². The summed E-state index contributed by atoms with van der Waals surface area (Å²) in [6, 6.07) is 8.71. The third-order valence-electron chi connectivity index (χ3n) is 0.756. The third kappa shape index (κ3) is 12.4. The zero-order valence-corrected chi connectivity index (χ0v) is 9.90. The molecule has 0 radical (unpaired) electrons. The number of para-hydroxylation sites is 1. The van der Waals surface area contributed by atoms with Crippen molar-refractivity contribution in [1.82, 2.24) is 0 Å². The Balaban J connectivity index is -0.0000000327. The first-order valence-corrected chi connectivity index (χ1v) is 2.13. The average Bonchev–Trinajstić information content (AvgIpc) is 1.69. The molecule has 0 saturated heterocycles. The maximum absolute atomic E-state index is 8.63. The van der Waals surface area contributed by atoms with Crippen molar-refractivity contribution in [3.05, 3.63) is 60.0 Å². The maximum atomic E-state index is 8.63. The van der Waals surface area contributed by atoms with Gasteiger partial charge in [0, 0.05) is 0 Å². The van der Waals surface area contributed by atoms with E-state index in [1.54, 1.807) is 24.3 Å². The zero-order valence-electron chi connectivity index (χ0n) is 8.33. The number of phenols is 1. The molecule has 0 aliphatic carbocycles. The molecule has 1 rings (SSSR count). The smallest absolute Gasteiger partial charge is 0.508 e. The number of benzene rings is 1. The molecule has 0 atom stereocenters. The second kappa shape index (κ2) is 17.0. The van der Waals surface area contributed by atoms with Crippen LogP contribution in [0.2, 0.25) is 0 Å². The summed E-state index contributed by atoms with van der Waals surface area (Å²) in [5, 5.41) is 8.63. The van der Waals surface area contributed by atoms with Gasteiger partial charge >= 0.3 is 21.7 Å². The van der Waals surface area contributed by atoms with Gasteiger partial charge in [0.15, 0.2) is 0 Å². The summed E-state index contributed by atoms with van der Waals surface area (Å²) in [5.41, 5.74) is 0. The van der Waals surface area contributed by atoms with Crippen molar-refractivity contribution in [3.8, 4) is 5.75 Å². The molecule has 1 aromatic carbocycles. The van der Waals surface area contributed by atoms with Crippen LogP contribution in [0, 0.1) is 29.7 Å². The normalized spacial score (nSPS) is 5.00. The number of phenolic OH excluding ortho intramolecular Hbond substituents is 1. The van der Waals surface area contributed by atoms with E-state index in [1.165, 1.54) is 0 Å². The quantitative estimate of drug-likeness (QED) is 0.506. The Kier molecular flexibility index (Phi) is 42.2. The number of hydrogen-bond donors (Lipinski definition) is 1. The van der Waals surface area contributed by atoms with Gasteiger partial charge in [-0.25, -0.2) is 0 Å². The van der Waals surface area contributed by atoms with E-state index in [2.05, 4.69) is 0 Å². The fourth-order valence-electron chi connectivity index (χ4n) is 0.428. The van der Waals surface area contributed by atoms with Crippen molar-refractivity contribution in [3.63, 3.8) is 0 Å². The van der Waals surface area contributed by atoms with Gasteiger partial charge in [0.25, 0.3) is 0 Å². The predicted molar refractivity (Wildman–Crippen MR) is 53.8 cm³/mol. The Hall–Kier alpha value is -0.266. The molecular weight excluding hydrogens is 184 g/mol. The van der Waals surface area contributed by atoms with E-state index < -0.39 is 0 Å². The minimum atomic E-state index is 0. The molecule has 0 fully saturated rings.